The molecule has 1 saturated heterocycles. The number of rotatable bonds is 7. The molecule has 0 spiro atoms. The molecule has 2 N–H and O–H groups in total. The lowest BCUT2D eigenvalue weighted by Crippen LogP contribution is -2.36. The van der Waals surface area contributed by atoms with E-state index in [9.17, 15) is 13.8 Å². The summed E-state index contributed by atoms with van der Waals surface area (Å²) in [5, 5.41) is 2.64. The molecular weight excluding hydrogens is 390 g/mol. The number of anilines is 1. The minimum absolute atomic E-state index is 0.0831. The van der Waals surface area contributed by atoms with Gasteiger partial charge < -0.3 is 15.0 Å². The van der Waals surface area contributed by atoms with Crippen molar-refractivity contribution in [3.05, 3.63) is 72.8 Å². The first-order chi connectivity index (χ1) is 14.0. The van der Waals surface area contributed by atoms with Gasteiger partial charge in [-0.3, -0.25) is 4.79 Å². The van der Waals surface area contributed by atoms with Crippen LogP contribution < -0.4 is 10.0 Å². The van der Waals surface area contributed by atoms with Crippen LogP contribution in [0.1, 0.15) is 12.0 Å². The Morgan fingerprint density at radius 2 is 1.90 bits per heavy atom. The van der Waals surface area contributed by atoms with E-state index in [1.54, 1.807) is 29.2 Å². The zero-order valence-corrected chi connectivity index (χ0v) is 16.7. The van der Waals surface area contributed by atoms with E-state index in [4.69, 9.17) is 4.74 Å². The molecule has 0 aliphatic carbocycles. The fraction of sp³-hybridized carbons (Fsp3) is 0.238. The topological polar surface area (TPSA) is 87.7 Å². The summed E-state index contributed by atoms with van der Waals surface area (Å²) in [7, 11) is -1.42. The Bertz CT molecular complexity index is 887. The van der Waals surface area contributed by atoms with E-state index in [1.807, 2.05) is 30.3 Å². The number of nitrogens with zero attached hydrogens (tertiary/aromatic N) is 1. The number of carbonyl (C=O) groups excluding carboxylic acids is 2. The van der Waals surface area contributed by atoms with Gasteiger partial charge in [0.25, 0.3) is 0 Å². The largest absolute Gasteiger partial charge is 0.445 e. The van der Waals surface area contributed by atoms with Crippen molar-refractivity contribution in [3.63, 3.8) is 0 Å². The Balaban J connectivity index is 1.46. The third-order valence-electron chi connectivity index (χ3n) is 4.45. The summed E-state index contributed by atoms with van der Waals surface area (Å²) in [6, 6.07) is 16.1. The van der Waals surface area contributed by atoms with Gasteiger partial charge in [0.05, 0.1) is 4.90 Å². The second-order valence-corrected chi connectivity index (χ2v) is 7.82. The maximum Gasteiger partial charge on any atom is 0.410 e. The highest BCUT2D eigenvalue weighted by Crippen LogP contribution is 2.16. The van der Waals surface area contributed by atoms with Crippen LogP contribution in [0.25, 0.3) is 0 Å². The predicted octanol–water partition coefficient (Wildman–Crippen LogP) is 2.83. The monoisotopic (exact) mass is 413 g/mol. The lowest BCUT2D eigenvalue weighted by Gasteiger charge is -2.17. The van der Waals surface area contributed by atoms with Gasteiger partial charge in [-0.25, -0.2) is 13.7 Å². The van der Waals surface area contributed by atoms with Gasteiger partial charge in [0.2, 0.25) is 5.91 Å². The molecule has 2 aromatic carbocycles. The molecule has 2 atom stereocenters. The molecular formula is C21H23N3O4S. The molecule has 0 saturated carbocycles. The van der Waals surface area contributed by atoms with Crippen molar-refractivity contribution < 1.29 is 18.5 Å². The summed E-state index contributed by atoms with van der Waals surface area (Å²) in [6.45, 7) is 4.62. The van der Waals surface area contributed by atoms with Crippen LogP contribution >= 0.6 is 0 Å². The Morgan fingerprint density at radius 3 is 2.59 bits per heavy atom. The second-order valence-electron chi connectivity index (χ2n) is 6.58. The second kappa shape index (κ2) is 9.99. The summed E-state index contributed by atoms with van der Waals surface area (Å²) < 4.78 is 20.9. The van der Waals surface area contributed by atoms with Gasteiger partial charge in [0.1, 0.15) is 17.6 Å². The number of carbonyl (C=O) groups is 2. The van der Waals surface area contributed by atoms with Crippen LogP contribution in [0.5, 0.6) is 0 Å². The van der Waals surface area contributed by atoms with Gasteiger partial charge in [0, 0.05) is 24.8 Å². The normalized spacial score (nSPS) is 16.8. The molecule has 0 radical (unpaired) electrons. The number of hydrogen-bond donors (Lipinski definition) is 2. The lowest BCUT2D eigenvalue weighted by molar-refractivity contribution is -0.111. The minimum Gasteiger partial charge on any atom is -0.445 e. The summed E-state index contributed by atoms with van der Waals surface area (Å²) in [5.74, 6) is -0.304. The highest BCUT2D eigenvalue weighted by molar-refractivity contribution is 7.83. The first-order valence-corrected chi connectivity index (χ1v) is 10.4. The van der Waals surface area contributed by atoms with E-state index < -0.39 is 11.0 Å². The van der Waals surface area contributed by atoms with Crippen LogP contribution in [0.15, 0.2) is 72.1 Å². The molecule has 152 valence electrons. The minimum atomic E-state index is -1.42. The highest BCUT2D eigenvalue weighted by atomic mass is 32.2. The predicted molar refractivity (Wildman–Crippen MR) is 111 cm³/mol. The first kappa shape index (κ1) is 20.8. The van der Waals surface area contributed by atoms with Gasteiger partial charge in [-0.2, -0.15) is 0 Å². The van der Waals surface area contributed by atoms with Gasteiger partial charge in [-0.05, 0) is 42.3 Å². The maximum atomic E-state index is 12.5. The number of nitrogens with one attached hydrogen (secondary N) is 2. The van der Waals surface area contributed by atoms with Crippen LogP contribution in [0.3, 0.4) is 0 Å². The average molecular weight is 413 g/mol. The summed E-state index contributed by atoms with van der Waals surface area (Å²) in [4.78, 5) is 25.7. The van der Waals surface area contributed by atoms with Crippen molar-refractivity contribution in [2.24, 2.45) is 0 Å². The molecule has 1 heterocycles. The molecule has 2 amide bonds. The van der Waals surface area contributed by atoms with Crippen molar-refractivity contribution in [1.82, 2.24) is 9.62 Å². The number of ether oxygens (including phenoxy) is 1. The van der Waals surface area contributed by atoms with Crippen molar-refractivity contribution in [2.45, 2.75) is 24.0 Å². The zero-order valence-electron chi connectivity index (χ0n) is 15.9. The molecule has 2 unspecified atom stereocenters. The number of hydrogen-bond acceptors (Lipinski definition) is 4. The molecule has 1 fully saturated rings. The molecule has 1 aliphatic rings. The maximum absolute atomic E-state index is 12.5. The number of benzene rings is 2. The Labute approximate surface area is 172 Å². The van der Waals surface area contributed by atoms with Gasteiger partial charge in [-0.15, -0.1) is 0 Å². The van der Waals surface area contributed by atoms with E-state index in [-0.39, 0.29) is 24.6 Å². The zero-order chi connectivity index (χ0) is 20.6. The molecule has 0 aromatic heterocycles. The molecule has 3 rings (SSSR count). The van der Waals surface area contributed by atoms with E-state index in [1.165, 1.54) is 6.08 Å². The highest BCUT2D eigenvalue weighted by Gasteiger charge is 2.28. The van der Waals surface area contributed by atoms with E-state index in [0.29, 0.717) is 30.1 Å². The van der Waals surface area contributed by atoms with Crippen LogP contribution in [-0.4, -0.2) is 40.2 Å². The third kappa shape index (κ3) is 6.00. The molecule has 7 nitrogen and oxygen atoms in total. The van der Waals surface area contributed by atoms with Crippen LogP contribution in [0.4, 0.5) is 10.5 Å². The molecule has 29 heavy (non-hydrogen) atoms. The van der Waals surface area contributed by atoms with Crippen molar-refractivity contribution >= 4 is 28.7 Å². The van der Waals surface area contributed by atoms with E-state index >= 15 is 0 Å². The van der Waals surface area contributed by atoms with Gasteiger partial charge >= 0.3 is 6.09 Å². The fourth-order valence-electron chi connectivity index (χ4n) is 2.91. The fourth-order valence-corrected chi connectivity index (χ4v) is 3.92. The standard InChI is InChI=1S/C21H23N3O4S/c1-2-20(25)22-17-8-10-19(11-9-17)29(27)23-18-12-13-24(14-18)21(26)28-15-16-6-4-3-5-7-16/h2-11,18,23H,1,12-15H2,(H,22,25). The molecule has 0 bridgehead atoms. The molecule has 8 heteroatoms. The Hall–Kier alpha value is -2.97. The summed E-state index contributed by atoms with van der Waals surface area (Å²) in [5.41, 5.74) is 1.53. The van der Waals surface area contributed by atoms with Crippen molar-refractivity contribution in [2.75, 3.05) is 18.4 Å². The van der Waals surface area contributed by atoms with Crippen LogP contribution in [-0.2, 0) is 27.1 Å². The quantitative estimate of drug-likeness (QED) is 0.684. The van der Waals surface area contributed by atoms with Gasteiger partial charge in [-0.1, -0.05) is 36.9 Å². The lowest BCUT2D eigenvalue weighted by atomic mass is 10.2. The van der Waals surface area contributed by atoms with Crippen LogP contribution in [0, 0.1) is 0 Å². The third-order valence-corrected chi connectivity index (χ3v) is 5.69. The Morgan fingerprint density at radius 1 is 1.17 bits per heavy atom. The van der Waals surface area contributed by atoms with Crippen molar-refractivity contribution in [1.29, 1.82) is 0 Å². The van der Waals surface area contributed by atoms with Crippen molar-refractivity contribution in [3.8, 4) is 0 Å². The van der Waals surface area contributed by atoms with E-state index in [2.05, 4.69) is 16.6 Å². The molecule has 2 aromatic rings. The first-order valence-electron chi connectivity index (χ1n) is 9.22. The summed E-state index contributed by atoms with van der Waals surface area (Å²) >= 11 is 0. The smallest absolute Gasteiger partial charge is 0.410 e. The average Bonchev–Trinajstić information content (AvgIpc) is 3.21. The molecule has 1 aliphatic heterocycles. The Kier molecular flexibility index (Phi) is 7.15. The van der Waals surface area contributed by atoms with E-state index in [0.717, 1.165) is 5.56 Å². The van der Waals surface area contributed by atoms with Gasteiger partial charge in [0.15, 0.2) is 0 Å². The summed E-state index contributed by atoms with van der Waals surface area (Å²) in [6.07, 6.45) is 1.51. The SMILES string of the molecule is C=CC(=O)Nc1ccc(S(=O)NC2CCN(C(=O)OCc3ccccc3)C2)cc1. The number of likely N-dealkylation sites (tertiary alicyclic amines) is 1. The number of amides is 2. The van der Waals surface area contributed by atoms with Crippen LogP contribution in [0.2, 0.25) is 0 Å².